The van der Waals surface area contributed by atoms with Crippen LogP contribution in [-0.2, 0) is 0 Å². The van der Waals surface area contributed by atoms with Gasteiger partial charge in [0.25, 0.3) is 5.91 Å². The van der Waals surface area contributed by atoms with Gasteiger partial charge in [-0.05, 0) is 51.4 Å². The second kappa shape index (κ2) is 6.80. The van der Waals surface area contributed by atoms with Crippen molar-refractivity contribution in [3.63, 3.8) is 0 Å². The minimum atomic E-state index is 0.00557. The highest BCUT2D eigenvalue weighted by molar-refractivity contribution is 5.91. The minimum absolute atomic E-state index is 0.00557. The monoisotopic (exact) mass is 357 g/mol. The van der Waals surface area contributed by atoms with E-state index < -0.39 is 0 Å². The van der Waals surface area contributed by atoms with Crippen LogP contribution in [0, 0.1) is 19.3 Å². The van der Waals surface area contributed by atoms with Crippen LogP contribution < -0.4 is 10.6 Å². The van der Waals surface area contributed by atoms with E-state index in [1.54, 1.807) is 0 Å². The number of aryl methyl sites for hydroxylation is 1. The second-order valence-electron chi connectivity index (χ2n) is 8.61. The van der Waals surface area contributed by atoms with Crippen molar-refractivity contribution < 1.29 is 4.79 Å². The van der Waals surface area contributed by atoms with Gasteiger partial charge in [-0.1, -0.05) is 12.8 Å². The molecule has 0 aromatic carbocycles. The van der Waals surface area contributed by atoms with Crippen LogP contribution in [0.5, 0.6) is 0 Å². The average Bonchev–Trinajstić information content (AvgIpc) is 2.89. The maximum absolute atomic E-state index is 13.2. The van der Waals surface area contributed by atoms with Crippen LogP contribution in [0.15, 0.2) is 0 Å². The number of likely N-dealkylation sites (tertiary alicyclic amines) is 1. The zero-order chi connectivity index (χ0) is 18.3. The lowest BCUT2D eigenvalue weighted by molar-refractivity contribution is 0.0498. The number of rotatable bonds is 2. The van der Waals surface area contributed by atoms with E-state index in [0.29, 0.717) is 11.2 Å². The molecule has 6 nitrogen and oxygen atoms in total. The number of anilines is 1. The fourth-order valence-corrected chi connectivity index (χ4v) is 4.76. The number of aromatic nitrogens is 2. The highest BCUT2D eigenvalue weighted by atomic mass is 16.2. The summed E-state index contributed by atoms with van der Waals surface area (Å²) in [4.78, 5) is 26.7. The molecule has 1 aromatic heterocycles. The molecule has 2 N–H and O–H groups in total. The maximum Gasteiger partial charge on any atom is 0.291 e. The predicted molar refractivity (Wildman–Crippen MR) is 102 cm³/mol. The summed E-state index contributed by atoms with van der Waals surface area (Å²) in [7, 11) is 0. The normalized spacial score (nSPS) is 25.3. The van der Waals surface area contributed by atoms with Gasteiger partial charge in [-0.3, -0.25) is 4.79 Å². The molecule has 1 atom stereocenters. The molecule has 0 bridgehead atoms. The minimum Gasteiger partial charge on any atom is -0.355 e. The number of nitrogens with two attached hydrogens (primary N) is 1. The predicted octanol–water partition coefficient (Wildman–Crippen LogP) is 2.43. The molecule has 142 valence electrons. The summed E-state index contributed by atoms with van der Waals surface area (Å²) < 4.78 is 0. The zero-order valence-corrected chi connectivity index (χ0v) is 16.1. The van der Waals surface area contributed by atoms with Crippen molar-refractivity contribution in [1.29, 1.82) is 0 Å². The fraction of sp³-hybridized carbons (Fsp3) is 0.750. The van der Waals surface area contributed by atoms with E-state index in [1.165, 1.54) is 32.1 Å². The van der Waals surface area contributed by atoms with Crippen molar-refractivity contribution in [2.45, 2.75) is 64.8 Å². The summed E-state index contributed by atoms with van der Waals surface area (Å²) >= 11 is 0. The summed E-state index contributed by atoms with van der Waals surface area (Å²) in [6, 6.07) is 0.188. The van der Waals surface area contributed by atoms with Crippen molar-refractivity contribution in [2.24, 2.45) is 11.1 Å². The third-order valence-corrected chi connectivity index (χ3v) is 6.69. The maximum atomic E-state index is 13.2. The van der Waals surface area contributed by atoms with Gasteiger partial charge in [-0.25, -0.2) is 9.97 Å². The van der Waals surface area contributed by atoms with Crippen molar-refractivity contribution in [3.8, 4) is 0 Å². The number of carbonyl (C=O) groups is 1. The fourth-order valence-electron chi connectivity index (χ4n) is 4.76. The number of nitrogens with zero attached hydrogens (tertiary/aromatic N) is 4. The molecule has 4 rings (SSSR count). The van der Waals surface area contributed by atoms with Gasteiger partial charge in [0.05, 0.1) is 0 Å². The molecular weight excluding hydrogens is 326 g/mol. The molecule has 0 unspecified atom stereocenters. The molecule has 1 aromatic rings. The molecule has 1 amide bonds. The summed E-state index contributed by atoms with van der Waals surface area (Å²) in [6.07, 6.45) is 8.40. The molecular formula is C20H31N5O. The zero-order valence-electron chi connectivity index (χ0n) is 16.1. The van der Waals surface area contributed by atoms with Gasteiger partial charge in [-0.15, -0.1) is 0 Å². The summed E-state index contributed by atoms with van der Waals surface area (Å²) in [5, 5.41) is 0. The lowest BCUT2D eigenvalue weighted by Crippen LogP contribution is -2.44. The summed E-state index contributed by atoms with van der Waals surface area (Å²) in [5.41, 5.74) is 8.40. The number of hydrogen-bond donors (Lipinski definition) is 1. The Morgan fingerprint density at radius 1 is 1.12 bits per heavy atom. The first-order chi connectivity index (χ1) is 12.5. The van der Waals surface area contributed by atoms with Crippen molar-refractivity contribution in [1.82, 2.24) is 14.9 Å². The van der Waals surface area contributed by atoms with Gasteiger partial charge in [0.15, 0.2) is 0 Å². The van der Waals surface area contributed by atoms with Crippen LogP contribution in [-0.4, -0.2) is 53.0 Å². The molecule has 0 radical (unpaired) electrons. The van der Waals surface area contributed by atoms with E-state index in [9.17, 15) is 4.79 Å². The Morgan fingerprint density at radius 2 is 1.88 bits per heavy atom. The Morgan fingerprint density at radius 3 is 2.54 bits per heavy atom. The SMILES string of the molecule is Cc1nc(C(=O)N2CCCCC3(CCC3)C2)nc(N2CC[C@@H](N)C2)c1C. The lowest BCUT2D eigenvalue weighted by Gasteiger charge is -2.43. The Labute approximate surface area is 156 Å². The highest BCUT2D eigenvalue weighted by Crippen LogP contribution is 2.47. The van der Waals surface area contributed by atoms with Gasteiger partial charge in [0, 0.05) is 43.5 Å². The standard InChI is InChI=1S/C20H31N5O/c1-14-15(2)22-17(23-18(14)24-11-6-16(21)12-24)19(26)25-10-4-3-7-20(13-25)8-5-9-20/h16H,3-13,21H2,1-2H3/t16-/m1/s1. The van der Waals surface area contributed by atoms with Gasteiger partial charge >= 0.3 is 0 Å². The van der Waals surface area contributed by atoms with Gasteiger partial charge < -0.3 is 15.5 Å². The Hall–Kier alpha value is -1.69. The molecule has 1 aliphatic carbocycles. The largest absolute Gasteiger partial charge is 0.355 e. The third-order valence-electron chi connectivity index (χ3n) is 6.69. The Kier molecular flexibility index (Phi) is 4.63. The van der Waals surface area contributed by atoms with E-state index in [2.05, 4.69) is 9.88 Å². The summed E-state index contributed by atoms with van der Waals surface area (Å²) in [6.45, 7) is 7.44. The quantitative estimate of drug-likeness (QED) is 0.880. The van der Waals surface area contributed by atoms with E-state index in [-0.39, 0.29) is 11.9 Å². The van der Waals surface area contributed by atoms with Crippen molar-refractivity contribution in [3.05, 3.63) is 17.1 Å². The topological polar surface area (TPSA) is 75.4 Å². The van der Waals surface area contributed by atoms with Crippen LogP contribution in [0.4, 0.5) is 5.82 Å². The molecule has 6 heteroatoms. The smallest absolute Gasteiger partial charge is 0.291 e. The first kappa shape index (κ1) is 17.7. The van der Waals surface area contributed by atoms with Gasteiger partial charge in [0.1, 0.15) is 5.82 Å². The molecule has 3 heterocycles. The van der Waals surface area contributed by atoms with Gasteiger partial charge in [-0.2, -0.15) is 0 Å². The lowest BCUT2D eigenvalue weighted by atomic mass is 9.66. The number of hydrogen-bond acceptors (Lipinski definition) is 5. The van der Waals surface area contributed by atoms with Crippen LogP contribution in [0.25, 0.3) is 0 Å². The van der Waals surface area contributed by atoms with E-state index in [4.69, 9.17) is 10.7 Å². The third kappa shape index (κ3) is 3.20. The highest BCUT2D eigenvalue weighted by Gasteiger charge is 2.41. The van der Waals surface area contributed by atoms with E-state index in [1.807, 2.05) is 18.7 Å². The first-order valence-electron chi connectivity index (χ1n) is 10.1. The van der Waals surface area contributed by atoms with Crippen LogP contribution in [0.3, 0.4) is 0 Å². The summed E-state index contributed by atoms with van der Waals surface area (Å²) in [5.74, 6) is 1.26. The molecule has 1 spiro atoms. The number of amides is 1. The van der Waals surface area contributed by atoms with Crippen LogP contribution in [0.2, 0.25) is 0 Å². The molecule has 2 saturated heterocycles. The molecule has 3 aliphatic rings. The number of carbonyl (C=O) groups excluding carboxylic acids is 1. The molecule has 1 saturated carbocycles. The first-order valence-corrected chi connectivity index (χ1v) is 10.1. The van der Waals surface area contributed by atoms with E-state index in [0.717, 1.165) is 56.1 Å². The van der Waals surface area contributed by atoms with E-state index >= 15 is 0 Å². The molecule has 2 aliphatic heterocycles. The van der Waals surface area contributed by atoms with Crippen molar-refractivity contribution in [2.75, 3.05) is 31.1 Å². The van der Waals surface area contributed by atoms with Crippen LogP contribution >= 0.6 is 0 Å². The Balaban J connectivity index is 1.60. The average molecular weight is 358 g/mol. The second-order valence-corrected chi connectivity index (χ2v) is 8.61. The Bertz CT molecular complexity index is 700. The van der Waals surface area contributed by atoms with Crippen molar-refractivity contribution >= 4 is 11.7 Å². The van der Waals surface area contributed by atoms with Gasteiger partial charge in [0.2, 0.25) is 5.82 Å². The van der Waals surface area contributed by atoms with Crippen LogP contribution in [0.1, 0.15) is 66.8 Å². The molecule has 3 fully saturated rings. The molecule has 26 heavy (non-hydrogen) atoms.